The first-order chi connectivity index (χ1) is 7.56. The maximum absolute atomic E-state index is 11.6. The van der Waals surface area contributed by atoms with Crippen molar-refractivity contribution in [1.82, 2.24) is 19.8 Å². The summed E-state index contributed by atoms with van der Waals surface area (Å²) in [4.78, 5) is 23.4. The lowest BCUT2D eigenvalue weighted by Gasteiger charge is -2.14. The van der Waals surface area contributed by atoms with Gasteiger partial charge < -0.3 is 9.80 Å². The van der Waals surface area contributed by atoms with E-state index in [0.717, 1.165) is 12.2 Å². The number of halogens is 1. The number of urea groups is 1. The molecule has 0 unspecified atom stereocenters. The summed E-state index contributed by atoms with van der Waals surface area (Å²) in [5.74, 6) is 0.591. The molecule has 1 aliphatic heterocycles. The van der Waals surface area contributed by atoms with Gasteiger partial charge in [0.15, 0.2) is 0 Å². The van der Waals surface area contributed by atoms with Crippen LogP contribution in [0.2, 0.25) is 5.15 Å². The maximum atomic E-state index is 11.6. The Balaban J connectivity index is 2.12. The van der Waals surface area contributed by atoms with Crippen molar-refractivity contribution in [3.8, 4) is 0 Å². The smallest absolute Gasteiger partial charge is 0.320 e. The lowest BCUT2D eigenvalue weighted by Crippen LogP contribution is -2.29. The van der Waals surface area contributed by atoms with Gasteiger partial charge in [0.25, 0.3) is 0 Å². The molecule has 1 aliphatic rings. The second-order valence-electron chi connectivity index (χ2n) is 3.87. The summed E-state index contributed by atoms with van der Waals surface area (Å²) in [7, 11) is 1.78. The van der Waals surface area contributed by atoms with E-state index in [-0.39, 0.29) is 6.03 Å². The monoisotopic (exact) mass is 240 g/mol. The van der Waals surface area contributed by atoms with E-state index in [1.807, 2.05) is 6.92 Å². The van der Waals surface area contributed by atoms with E-state index in [2.05, 4.69) is 9.97 Å². The fourth-order valence-electron chi connectivity index (χ4n) is 1.68. The van der Waals surface area contributed by atoms with Gasteiger partial charge in [0.2, 0.25) is 0 Å². The first-order valence-corrected chi connectivity index (χ1v) is 5.44. The first-order valence-electron chi connectivity index (χ1n) is 5.06. The topological polar surface area (TPSA) is 49.3 Å². The highest BCUT2D eigenvalue weighted by atomic mass is 35.5. The van der Waals surface area contributed by atoms with Gasteiger partial charge in [-0.2, -0.15) is 0 Å². The number of carbonyl (C=O) groups is 1. The lowest BCUT2D eigenvalue weighted by molar-refractivity contribution is 0.196. The van der Waals surface area contributed by atoms with E-state index in [0.29, 0.717) is 24.1 Å². The van der Waals surface area contributed by atoms with Crippen LogP contribution in [0.4, 0.5) is 4.79 Å². The van der Waals surface area contributed by atoms with Gasteiger partial charge in [-0.3, -0.25) is 0 Å². The lowest BCUT2D eigenvalue weighted by atomic mass is 10.4. The van der Waals surface area contributed by atoms with Crippen LogP contribution in [0.15, 0.2) is 6.07 Å². The Morgan fingerprint density at radius 2 is 2.19 bits per heavy atom. The third-order valence-electron chi connectivity index (χ3n) is 2.50. The van der Waals surface area contributed by atoms with E-state index in [4.69, 9.17) is 11.6 Å². The van der Waals surface area contributed by atoms with Crippen molar-refractivity contribution >= 4 is 17.6 Å². The molecule has 0 aromatic carbocycles. The summed E-state index contributed by atoms with van der Waals surface area (Å²) in [5, 5.41) is 0.419. The minimum Gasteiger partial charge on any atom is -0.326 e. The Hall–Kier alpha value is -1.36. The van der Waals surface area contributed by atoms with Gasteiger partial charge >= 0.3 is 6.03 Å². The molecule has 0 N–H and O–H groups in total. The SMILES string of the molecule is Cc1cc(Cl)nc(CN2CCN(C)C2=O)n1. The average Bonchev–Trinajstić information content (AvgIpc) is 2.48. The quantitative estimate of drug-likeness (QED) is 0.733. The standard InChI is InChI=1S/C10H13ClN4O/c1-7-5-8(11)13-9(12-7)6-15-4-3-14(2)10(15)16/h5H,3-4,6H2,1-2H3. The van der Waals surface area contributed by atoms with Crippen molar-refractivity contribution in [2.45, 2.75) is 13.5 Å². The molecule has 2 amide bonds. The Morgan fingerprint density at radius 3 is 2.75 bits per heavy atom. The molecule has 0 bridgehead atoms. The number of rotatable bonds is 2. The number of hydrogen-bond acceptors (Lipinski definition) is 3. The minimum atomic E-state index is 0.0150. The Labute approximate surface area is 99.0 Å². The van der Waals surface area contributed by atoms with Gasteiger partial charge in [0.05, 0.1) is 6.54 Å². The van der Waals surface area contributed by atoms with Crippen LogP contribution in [0.3, 0.4) is 0 Å². The van der Waals surface area contributed by atoms with E-state index < -0.39 is 0 Å². The van der Waals surface area contributed by atoms with Crippen molar-refractivity contribution < 1.29 is 4.79 Å². The normalized spacial score (nSPS) is 16.1. The summed E-state index contributed by atoms with van der Waals surface area (Å²) < 4.78 is 0. The minimum absolute atomic E-state index is 0.0150. The Kier molecular flexibility index (Phi) is 2.96. The molecule has 6 heteroatoms. The zero-order valence-corrected chi connectivity index (χ0v) is 10.0. The van der Waals surface area contributed by atoms with Gasteiger partial charge in [-0.05, 0) is 13.0 Å². The maximum Gasteiger partial charge on any atom is 0.320 e. The molecule has 0 radical (unpaired) electrons. The van der Waals surface area contributed by atoms with Gasteiger partial charge in [-0.1, -0.05) is 11.6 Å². The molecule has 0 atom stereocenters. The third-order valence-corrected chi connectivity index (χ3v) is 2.70. The van der Waals surface area contributed by atoms with Crippen LogP contribution in [0.25, 0.3) is 0 Å². The highest BCUT2D eigenvalue weighted by Gasteiger charge is 2.25. The van der Waals surface area contributed by atoms with Crippen LogP contribution >= 0.6 is 11.6 Å². The van der Waals surface area contributed by atoms with Gasteiger partial charge in [0, 0.05) is 25.8 Å². The summed E-state index contributed by atoms with van der Waals surface area (Å²) >= 11 is 5.84. The molecular weight excluding hydrogens is 228 g/mol. The number of likely N-dealkylation sites (N-methyl/N-ethyl adjacent to an activating group) is 1. The van der Waals surface area contributed by atoms with Crippen LogP contribution in [0, 0.1) is 6.92 Å². The highest BCUT2D eigenvalue weighted by Crippen LogP contribution is 2.12. The molecule has 0 aliphatic carbocycles. The van der Waals surface area contributed by atoms with Crippen molar-refractivity contribution in [2.75, 3.05) is 20.1 Å². The molecule has 1 aromatic heterocycles. The largest absolute Gasteiger partial charge is 0.326 e. The van der Waals surface area contributed by atoms with Crippen LogP contribution in [-0.2, 0) is 6.54 Å². The van der Waals surface area contributed by atoms with Crippen LogP contribution < -0.4 is 0 Å². The van der Waals surface area contributed by atoms with E-state index in [1.165, 1.54) is 0 Å². The summed E-state index contributed by atoms with van der Waals surface area (Å²) in [6, 6.07) is 1.71. The zero-order valence-electron chi connectivity index (χ0n) is 9.27. The predicted molar refractivity (Wildman–Crippen MR) is 60.2 cm³/mol. The predicted octanol–water partition coefficient (Wildman–Crippen LogP) is 1.31. The fourth-order valence-corrected chi connectivity index (χ4v) is 1.94. The third kappa shape index (κ3) is 2.24. The molecule has 1 aromatic rings. The number of hydrogen-bond donors (Lipinski definition) is 0. The zero-order chi connectivity index (χ0) is 11.7. The summed E-state index contributed by atoms with van der Waals surface area (Å²) in [6.45, 7) is 3.74. The average molecular weight is 241 g/mol. The highest BCUT2D eigenvalue weighted by molar-refractivity contribution is 6.29. The number of aryl methyl sites for hydroxylation is 1. The molecule has 16 heavy (non-hydrogen) atoms. The fraction of sp³-hybridized carbons (Fsp3) is 0.500. The second kappa shape index (κ2) is 4.25. The molecule has 1 fully saturated rings. The van der Waals surface area contributed by atoms with Gasteiger partial charge in [0.1, 0.15) is 11.0 Å². The van der Waals surface area contributed by atoms with Crippen molar-refractivity contribution in [3.05, 3.63) is 22.7 Å². The molecular formula is C10H13ClN4O. The van der Waals surface area contributed by atoms with Crippen molar-refractivity contribution in [3.63, 3.8) is 0 Å². The summed E-state index contributed by atoms with van der Waals surface area (Å²) in [6.07, 6.45) is 0. The Bertz CT molecular complexity index is 403. The molecule has 5 nitrogen and oxygen atoms in total. The molecule has 2 rings (SSSR count). The molecule has 0 spiro atoms. The van der Waals surface area contributed by atoms with Crippen molar-refractivity contribution in [1.29, 1.82) is 0 Å². The van der Waals surface area contributed by atoms with Crippen LogP contribution in [0.5, 0.6) is 0 Å². The van der Waals surface area contributed by atoms with Gasteiger partial charge in [-0.15, -0.1) is 0 Å². The number of nitrogens with zero attached hydrogens (tertiary/aromatic N) is 4. The first kappa shape index (κ1) is 11.1. The molecule has 0 saturated carbocycles. The molecule has 2 heterocycles. The van der Waals surface area contributed by atoms with E-state index in [9.17, 15) is 4.79 Å². The van der Waals surface area contributed by atoms with Crippen LogP contribution in [-0.4, -0.2) is 45.9 Å². The molecule has 1 saturated heterocycles. The summed E-state index contributed by atoms with van der Waals surface area (Å²) in [5.41, 5.74) is 0.815. The second-order valence-corrected chi connectivity index (χ2v) is 4.26. The van der Waals surface area contributed by atoms with E-state index >= 15 is 0 Å². The number of amides is 2. The van der Waals surface area contributed by atoms with Crippen LogP contribution in [0.1, 0.15) is 11.5 Å². The van der Waals surface area contributed by atoms with Crippen molar-refractivity contribution in [2.24, 2.45) is 0 Å². The Morgan fingerprint density at radius 1 is 1.44 bits per heavy atom. The van der Waals surface area contributed by atoms with E-state index in [1.54, 1.807) is 22.9 Å². The number of carbonyl (C=O) groups excluding carboxylic acids is 1. The molecule has 86 valence electrons. The van der Waals surface area contributed by atoms with Gasteiger partial charge in [-0.25, -0.2) is 14.8 Å². The number of aromatic nitrogens is 2.